The van der Waals surface area contributed by atoms with E-state index in [1.807, 2.05) is 21.3 Å². The van der Waals surface area contributed by atoms with Crippen LogP contribution in [0, 0.1) is 0 Å². The highest BCUT2D eigenvalue weighted by molar-refractivity contribution is 7.93. The molecule has 188 valence electrons. The van der Waals surface area contributed by atoms with Gasteiger partial charge in [-0.1, -0.05) is 11.6 Å². The standard InChI is InChI=1S/C25H26ClN5O4S/c26-16-3-8-21-20(12-16)28-24(29(21)11-1-2-18(32)15-36(34,35)19-6-7-19)14-30-23-13-27-10-9-22(23)31(25(30)33)17-4-5-17/h3,8-10,12-13,17,19H,1-2,4-7,11,14-15H2. The Labute approximate surface area is 212 Å². The second-order valence-electron chi connectivity index (χ2n) is 9.80. The van der Waals surface area contributed by atoms with Crippen LogP contribution in [-0.2, 0) is 27.7 Å². The van der Waals surface area contributed by atoms with Gasteiger partial charge in [0.2, 0.25) is 0 Å². The van der Waals surface area contributed by atoms with Gasteiger partial charge in [-0.2, -0.15) is 0 Å². The number of halogens is 1. The molecule has 0 aliphatic heterocycles. The third-order valence-corrected chi connectivity index (χ3v) is 9.44. The van der Waals surface area contributed by atoms with E-state index in [0.29, 0.717) is 42.2 Å². The lowest BCUT2D eigenvalue weighted by molar-refractivity contribution is -0.116. The average Bonchev–Trinajstić information content (AvgIpc) is 3.75. The number of ketones is 1. The number of nitrogens with zero attached hydrogens (tertiary/aromatic N) is 5. The van der Waals surface area contributed by atoms with Gasteiger partial charge in [0.1, 0.15) is 17.4 Å². The molecule has 0 atom stereocenters. The fraction of sp³-hybridized carbons (Fsp3) is 0.440. The van der Waals surface area contributed by atoms with E-state index >= 15 is 0 Å². The maximum atomic E-state index is 13.4. The van der Waals surface area contributed by atoms with Crippen LogP contribution in [0.4, 0.5) is 0 Å². The molecule has 2 aliphatic rings. The normalized spacial score (nSPS) is 16.2. The van der Waals surface area contributed by atoms with E-state index in [1.54, 1.807) is 29.1 Å². The lowest BCUT2D eigenvalue weighted by atomic mass is 10.2. The molecule has 0 unspecified atom stereocenters. The number of pyridine rings is 1. The molecule has 2 fully saturated rings. The number of aromatic nitrogens is 5. The fourth-order valence-electron chi connectivity index (χ4n) is 4.91. The summed E-state index contributed by atoms with van der Waals surface area (Å²) in [5, 5.41) is 0.229. The molecule has 4 aromatic rings. The molecule has 0 bridgehead atoms. The van der Waals surface area contributed by atoms with Crippen molar-refractivity contribution in [2.75, 3.05) is 5.75 Å². The Balaban J connectivity index is 1.30. The number of aryl methyl sites for hydroxylation is 1. The Kier molecular flexibility index (Phi) is 5.75. The second kappa shape index (κ2) is 8.85. The van der Waals surface area contributed by atoms with Crippen LogP contribution in [0.15, 0.2) is 41.5 Å². The number of rotatable bonds is 10. The maximum Gasteiger partial charge on any atom is 0.329 e. The topological polar surface area (TPSA) is 109 Å². The first-order chi connectivity index (χ1) is 17.3. The third kappa shape index (κ3) is 4.37. The number of hydrogen-bond acceptors (Lipinski definition) is 6. The summed E-state index contributed by atoms with van der Waals surface area (Å²) in [6, 6.07) is 7.54. The van der Waals surface area contributed by atoms with Gasteiger partial charge < -0.3 is 4.57 Å². The van der Waals surface area contributed by atoms with Gasteiger partial charge in [0.25, 0.3) is 0 Å². The summed E-state index contributed by atoms with van der Waals surface area (Å²) in [5.74, 6) is 0.0327. The molecule has 2 aliphatic carbocycles. The summed E-state index contributed by atoms with van der Waals surface area (Å²) in [5.41, 5.74) is 3.09. The Morgan fingerprint density at radius 1 is 1.06 bits per heavy atom. The lowest BCUT2D eigenvalue weighted by Gasteiger charge is -2.10. The van der Waals surface area contributed by atoms with E-state index in [2.05, 4.69) is 4.98 Å². The number of carbonyl (C=O) groups excluding carboxylic acids is 1. The number of fused-ring (bicyclic) bond motifs is 2. The first-order valence-electron chi connectivity index (χ1n) is 12.2. The van der Waals surface area contributed by atoms with Crippen LogP contribution in [0.25, 0.3) is 22.1 Å². The van der Waals surface area contributed by atoms with Gasteiger partial charge in [0.05, 0.1) is 40.1 Å². The van der Waals surface area contributed by atoms with Crippen molar-refractivity contribution < 1.29 is 13.2 Å². The molecule has 9 nitrogen and oxygen atoms in total. The molecule has 3 aromatic heterocycles. The van der Waals surface area contributed by atoms with E-state index < -0.39 is 9.84 Å². The Hall–Kier alpha value is -2.98. The quantitative estimate of drug-likeness (QED) is 0.312. The van der Waals surface area contributed by atoms with E-state index in [-0.39, 0.29) is 41.5 Å². The van der Waals surface area contributed by atoms with Gasteiger partial charge in [-0.15, -0.1) is 0 Å². The van der Waals surface area contributed by atoms with Crippen molar-refractivity contribution in [3.8, 4) is 0 Å². The van der Waals surface area contributed by atoms with E-state index in [4.69, 9.17) is 16.6 Å². The zero-order valence-corrected chi connectivity index (χ0v) is 21.2. The van der Waals surface area contributed by atoms with Gasteiger partial charge in [-0.05, 0) is 56.4 Å². The van der Waals surface area contributed by atoms with E-state index in [0.717, 1.165) is 29.4 Å². The Bertz CT molecular complexity index is 1660. The van der Waals surface area contributed by atoms with Crippen LogP contribution >= 0.6 is 11.6 Å². The third-order valence-electron chi connectivity index (χ3n) is 7.00. The summed E-state index contributed by atoms with van der Waals surface area (Å²) in [7, 11) is -3.31. The van der Waals surface area contributed by atoms with Crippen molar-refractivity contribution in [1.82, 2.24) is 23.7 Å². The molecular weight excluding hydrogens is 502 g/mol. The largest absolute Gasteiger partial charge is 0.329 e. The Morgan fingerprint density at radius 2 is 1.86 bits per heavy atom. The highest BCUT2D eigenvalue weighted by Gasteiger charge is 2.36. The van der Waals surface area contributed by atoms with Gasteiger partial charge in [-0.3, -0.25) is 18.9 Å². The monoisotopic (exact) mass is 527 g/mol. The van der Waals surface area contributed by atoms with Crippen molar-refractivity contribution in [3.05, 3.63) is 58.0 Å². The summed E-state index contributed by atoms with van der Waals surface area (Å²) in [6.45, 7) is 0.716. The number of hydrogen-bond donors (Lipinski definition) is 0. The van der Waals surface area contributed by atoms with Crippen molar-refractivity contribution in [1.29, 1.82) is 0 Å². The molecule has 2 saturated carbocycles. The van der Waals surface area contributed by atoms with Gasteiger partial charge in [-0.25, -0.2) is 18.2 Å². The van der Waals surface area contributed by atoms with Crippen molar-refractivity contribution in [2.45, 2.75) is 62.9 Å². The highest BCUT2D eigenvalue weighted by atomic mass is 35.5. The van der Waals surface area contributed by atoms with Gasteiger partial charge in [0.15, 0.2) is 9.84 Å². The maximum absolute atomic E-state index is 13.4. The van der Waals surface area contributed by atoms with Crippen LogP contribution in [0.1, 0.15) is 50.4 Å². The summed E-state index contributed by atoms with van der Waals surface area (Å²) < 4.78 is 29.9. The Morgan fingerprint density at radius 3 is 2.61 bits per heavy atom. The number of imidazole rings is 2. The first kappa shape index (κ1) is 23.4. The molecule has 0 amide bonds. The summed E-state index contributed by atoms with van der Waals surface area (Å²) in [4.78, 5) is 34.8. The smallest absolute Gasteiger partial charge is 0.326 e. The van der Waals surface area contributed by atoms with Crippen LogP contribution in [0.5, 0.6) is 0 Å². The molecule has 0 N–H and O–H groups in total. The number of Topliss-reactive ketones (excluding diaryl/α,β-unsaturated/α-hetero) is 1. The van der Waals surface area contributed by atoms with Gasteiger partial charge in [0, 0.05) is 30.2 Å². The minimum atomic E-state index is -3.31. The summed E-state index contributed by atoms with van der Waals surface area (Å²) in [6.07, 6.45) is 7.35. The molecule has 11 heteroatoms. The zero-order chi connectivity index (χ0) is 25.0. The van der Waals surface area contributed by atoms with Crippen LogP contribution < -0.4 is 5.69 Å². The molecule has 6 rings (SSSR count). The lowest BCUT2D eigenvalue weighted by Crippen LogP contribution is -2.25. The van der Waals surface area contributed by atoms with Crippen molar-refractivity contribution in [3.63, 3.8) is 0 Å². The molecule has 0 spiro atoms. The number of benzene rings is 1. The molecule has 0 radical (unpaired) electrons. The molecule has 1 aromatic carbocycles. The minimum absolute atomic E-state index is 0.0856. The zero-order valence-electron chi connectivity index (χ0n) is 19.6. The van der Waals surface area contributed by atoms with Crippen LogP contribution in [0.3, 0.4) is 0 Å². The van der Waals surface area contributed by atoms with E-state index in [9.17, 15) is 18.0 Å². The molecule has 0 saturated heterocycles. The van der Waals surface area contributed by atoms with Crippen LogP contribution in [-0.4, -0.2) is 48.9 Å². The van der Waals surface area contributed by atoms with Gasteiger partial charge >= 0.3 is 5.69 Å². The summed E-state index contributed by atoms with van der Waals surface area (Å²) >= 11 is 6.21. The molecule has 3 heterocycles. The predicted octanol–water partition coefficient (Wildman–Crippen LogP) is 3.51. The molecular formula is C25H26ClN5O4S. The van der Waals surface area contributed by atoms with Crippen LogP contribution in [0.2, 0.25) is 5.02 Å². The second-order valence-corrected chi connectivity index (χ2v) is 12.5. The predicted molar refractivity (Wildman–Crippen MR) is 137 cm³/mol. The van der Waals surface area contributed by atoms with E-state index in [1.165, 1.54) is 0 Å². The van der Waals surface area contributed by atoms with Crippen molar-refractivity contribution >= 4 is 49.3 Å². The molecule has 36 heavy (non-hydrogen) atoms. The SMILES string of the molecule is O=C(CCCn1c(Cn2c(=O)n(C3CC3)c3ccncc32)nc2cc(Cl)ccc21)CS(=O)(=O)C1CC1. The first-order valence-corrected chi connectivity index (χ1v) is 14.3. The van der Waals surface area contributed by atoms with Crippen molar-refractivity contribution in [2.24, 2.45) is 0 Å². The number of carbonyl (C=O) groups is 1. The minimum Gasteiger partial charge on any atom is -0.326 e. The number of sulfone groups is 1. The highest BCUT2D eigenvalue weighted by Crippen LogP contribution is 2.36. The fourth-order valence-corrected chi connectivity index (χ4v) is 6.75. The average molecular weight is 528 g/mol.